The van der Waals surface area contributed by atoms with Gasteiger partial charge in [-0.1, -0.05) is 52.1 Å². The van der Waals surface area contributed by atoms with Crippen molar-refractivity contribution < 1.29 is 50.3 Å². The zero-order chi connectivity index (χ0) is 25.1. The number of ether oxygens (including phenoxy) is 3. The van der Waals surface area contributed by atoms with Crippen LogP contribution in [0.15, 0.2) is 0 Å². The zero-order valence-electron chi connectivity index (χ0n) is 17.8. The molecule has 182 valence electrons. The average molecular weight is 698 g/mol. The van der Waals surface area contributed by atoms with E-state index in [1.165, 1.54) is 34.6 Å². The van der Waals surface area contributed by atoms with Crippen molar-refractivity contribution in [2.75, 3.05) is 13.2 Å². The maximum Gasteiger partial charge on any atom is 0.405 e. The first-order valence-corrected chi connectivity index (χ1v) is 12.5. The van der Waals surface area contributed by atoms with E-state index in [0.29, 0.717) is 6.92 Å². The molecule has 0 aromatic rings. The topological polar surface area (TPSA) is 133 Å². The fraction of sp³-hybridized carbons (Fsp3) is 0.824. The average Bonchev–Trinajstić information content (AvgIpc) is 2.58. The van der Waals surface area contributed by atoms with Gasteiger partial charge in [0.1, 0.15) is 25.5 Å². The van der Waals surface area contributed by atoms with Crippen molar-refractivity contribution in [3.8, 4) is 0 Å². The lowest BCUT2D eigenvalue weighted by molar-refractivity contribution is -0.184. The van der Waals surface area contributed by atoms with Crippen LogP contribution in [0.3, 0.4) is 0 Å². The van der Waals surface area contributed by atoms with E-state index in [-0.39, 0.29) is 6.42 Å². The second-order valence-corrected chi connectivity index (χ2v) is 14.7. The molecule has 0 amide bonds. The van der Waals surface area contributed by atoms with Gasteiger partial charge in [-0.25, -0.2) is 0 Å². The molecule has 0 aliphatic carbocycles. The van der Waals surface area contributed by atoms with Crippen LogP contribution in [0.1, 0.15) is 48.0 Å². The zero-order valence-corrected chi connectivity index (χ0v) is 23.0. The first kappa shape index (κ1) is 30.6. The molecule has 0 saturated heterocycles. The van der Waals surface area contributed by atoms with Crippen molar-refractivity contribution in [1.82, 2.24) is 0 Å². The van der Waals surface area contributed by atoms with Crippen LogP contribution in [0.2, 0.25) is 0 Å². The molecule has 0 radical (unpaired) electrons. The lowest BCUT2D eigenvalue weighted by atomic mass is 9.86. The molecule has 0 aromatic heterocycles. The number of halogens is 4. The highest BCUT2D eigenvalue weighted by molar-refractivity contribution is 14.1. The van der Waals surface area contributed by atoms with Crippen LogP contribution in [0.4, 0.5) is 8.78 Å². The van der Waals surface area contributed by atoms with E-state index >= 15 is 0 Å². The summed E-state index contributed by atoms with van der Waals surface area (Å²) in [7, 11) is -5.87. The maximum absolute atomic E-state index is 13.8. The Balaban J connectivity index is 5.88. The monoisotopic (exact) mass is 698 g/mol. The van der Waals surface area contributed by atoms with E-state index in [0.717, 1.165) is 0 Å². The second kappa shape index (κ2) is 10.7. The fourth-order valence-corrected chi connectivity index (χ4v) is 2.60. The Morgan fingerprint density at radius 1 is 0.935 bits per heavy atom. The number of hydrogen-bond donors (Lipinski definition) is 1. The van der Waals surface area contributed by atoms with Crippen molar-refractivity contribution in [3.63, 3.8) is 0 Å². The van der Waals surface area contributed by atoms with Crippen LogP contribution in [-0.2, 0) is 38.7 Å². The summed E-state index contributed by atoms with van der Waals surface area (Å²) in [6.45, 7) is 6.82. The van der Waals surface area contributed by atoms with Crippen LogP contribution < -0.4 is 0 Å². The summed E-state index contributed by atoms with van der Waals surface area (Å²) in [5.41, 5.74) is -1.89. The Hall–Kier alpha value is -0.360. The number of alkyl halides is 4. The smallest absolute Gasteiger partial charge is 0.405 e. The maximum atomic E-state index is 13.8. The SMILES string of the molecule is CCC(COC(=O)C(C)(C)I)(COC(=O)C(C)(C)I)C(=O)OC(C)C(F)(F)S(=O)(=O)O. The van der Waals surface area contributed by atoms with Crippen LogP contribution in [0, 0.1) is 5.41 Å². The highest BCUT2D eigenvalue weighted by Gasteiger charge is 2.54. The van der Waals surface area contributed by atoms with E-state index in [4.69, 9.17) is 14.0 Å². The lowest BCUT2D eigenvalue weighted by Gasteiger charge is -2.33. The molecule has 0 rings (SSSR count). The molecular weight excluding hydrogens is 672 g/mol. The van der Waals surface area contributed by atoms with Gasteiger partial charge in [0.15, 0.2) is 6.10 Å². The molecule has 0 aromatic carbocycles. The highest BCUT2D eigenvalue weighted by Crippen LogP contribution is 2.33. The molecule has 1 N–H and O–H groups in total. The first-order valence-electron chi connectivity index (χ1n) is 8.90. The van der Waals surface area contributed by atoms with Gasteiger partial charge in [-0.3, -0.25) is 18.9 Å². The van der Waals surface area contributed by atoms with Gasteiger partial charge in [0, 0.05) is 0 Å². The van der Waals surface area contributed by atoms with Gasteiger partial charge < -0.3 is 14.2 Å². The van der Waals surface area contributed by atoms with Crippen LogP contribution in [0.25, 0.3) is 0 Å². The molecule has 0 fully saturated rings. The van der Waals surface area contributed by atoms with E-state index in [1.54, 1.807) is 45.2 Å². The summed E-state index contributed by atoms with van der Waals surface area (Å²) in [5.74, 6) is -2.84. The molecule has 31 heavy (non-hydrogen) atoms. The van der Waals surface area contributed by atoms with E-state index < -0.39 is 64.9 Å². The largest absolute Gasteiger partial charge is 0.463 e. The number of rotatable bonds is 11. The Morgan fingerprint density at radius 3 is 1.55 bits per heavy atom. The summed E-state index contributed by atoms with van der Waals surface area (Å²) in [6, 6.07) is 0. The standard InChI is InChI=1S/C17H26F2I2O9S/c1-7-16(8-28-11(22)14(3,4)20,9-29-12(23)15(5,6)21)13(24)30-10(2)17(18,19)31(25,26)27/h10H,7-9H2,1-6H3,(H,25,26,27). The van der Waals surface area contributed by atoms with Gasteiger partial charge in [0.25, 0.3) is 0 Å². The Labute approximate surface area is 207 Å². The predicted octanol–water partition coefficient (Wildman–Crippen LogP) is 3.31. The molecule has 1 unspecified atom stereocenters. The molecular formula is C17H26F2I2O9S. The molecule has 1 atom stereocenters. The van der Waals surface area contributed by atoms with Gasteiger partial charge in [0.2, 0.25) is 0 Å². The molecule has 0 spiro atoms. The summed E-state index contributed by atoms with van der Waals surface area (Å²) >= 11 is 3.59. The third-order valence-corrected chi connectivity index (χ3v) is 6.04. The molecule has 0 heterocycles. The lowest BCUT2D eigenvalue weighted by Crippen LogP contribution is -2.49. The van der Waals surface area contributed by atoms with Crippen molar-refractivity contribution >= 4 is 73.2 Å². The van der Waals surface area contributed by atoms with Crippen molar-refractivity contribution in [2.24, 2.45) is 5.41 Å². The number of esters is 3. The van der Waals surface area contributed by atoms with E-state index in [1.807, 2.05) is 0 Å². The van der Waals surface area contributed by atoms with E-state index in [9.17, 15) is 31.6 Å². The number of carbonyl (C=O) groups excluding carboxylic acids is 3. The first-order chi connectivity index (χ1) is 13.6. The van der Waals surface area contributed by atoms with Gasteiger partial charge in [0.05, 0.1) is 0 Å². The fourth-order valence-electron chi connectivity index (χ4n) is 1.82. The molecule has 0 aliphatic rings. The minimum Gasteiger partial charge on any atom is -0.463 e. The van der Waals surface area contributed by atoms with Crippen LogP contribution in [-0.4, -0.2) is 62.3 Å². The van der Waals surface area contributed by atoms with Crippen LogP contribution in [0.5, 0.6) is 0 Å². The number of hydrogen-bond acceptors (Lipinski definition) is 8. The minimum atomic E-state index is -5.87. The molecule has 0 saturated carbocycles. The molecule has 0 aliphatic heterocycles. The summed E-state index contributed by atoms with van der Waals surface area (Å²) in [4.78, 5) is 37.1. The van der Waals surface area contributed by atoms with Gasteiger partial charge in [-0.05, 0) is 41.0 Å². The quantitative estimate of drug-likeness (QED) is 0.114. The third-order valence-electron chi connectivity index (χ3n) is 4.14. The second-order valence-electron chi connectivity index (χ2n) is 7.82. The molecule has 14 heteroatoms. The summed E-state index contributed by atoms with van der Waals surface area (Å²) in [6.07, 6.45) is -2.74. The van der Waals surface area contributed by atoms with E-state index in [2.05, 4.69) is 4.74 Å². The Kier molecular flexibility index (Phi) is 10.6. The van der Waals surface area contributed by atoms with Crippen LogP contribution >= 0.6 is 45.2 Å². The molecule has 0 bridgehead atoms. The van der Waals surface area contributed by atoms with Crippen molar-refractivity contribution in [2.45, 2.75) is 66.2 Å². The predicted molar refractivity (Wildman–Crippen MR) is 123 cm³/mol. The highest BCUT2D eigenvalue weighted by atomic mass is 127. The summed E-state index contributed by atoms with van der Waals surface area (Å²) < 4.78 is 71.2. The van der Waals surface area contributed by atoms with Crippen molar-refractivity contribution in [1.29, 1.82) is 0 Å². The normalized spacial score (nSPS) is 14.5. The van der Waals surface area contributed by atoms with Gasteiger partial charge >= 0.3 is 33.3 Å². The van der Waals surface area contributed by atoms with Gasteiger partial charge in [-0.15, -0.1) is 0 Å². The van der Waals surface area contributed by atoms with Gasteiger partial charge in [-0.2, -0.15) is 17.2 Å². The third kappa shape index (κ3) is 8.49. The minimum absolute atomic E-state index is 0.167. The Morgan fingerprint density at radius 2 is 1.29 bits per heavy atom. The van der Waals surface area contributed by atoms with Crippen molar-refractivity contribution in [3.05, 3.63) is 0 Å². The molecule has 9 nitrogen and oxygen atoms in total. The summed E-state index contributed by atoms with van der Waals surface area (Å²) in [5, 5.41) is -4.79. The Bertz CT molecular complexity index is 756. The number of carbonyl (C=O) groups is 3.